The number of benzene rings is 3. The summed E-state index contributed by atoms with van der Waals surface area (Å²) in [5.41, 5.74) is 5.86. The molecule has 0 saturated carbocycles. The zero-order valence-electron chi connectivity index (χ0n) is 21.7. The molecule has 0 radical (unpaired) electrons. The Hall–Kier alpha value is -3.80. The van der Waals surface area contributed by atoms with Crippen LogP contribution in [0.25, 0.3) is 56.0 Å². The molecule has 0 N–H and O–H groups in total. The number of rotatable bonds is 4. The highest BCUT2D eigenvalue weighted by molar-refractivity contribution is 6.65. The Bertz CT molecular complexity index is 1720. The molecule has 0 amide bonds. The van der Waals surface area contributed by atoms with Crippen LogP contribution in [0.4, 0.5) is 0 Å². The topological polar surface area (TPSA) is 44.2 Å². The Morgan fingerprint density at radius 1 is 0.784 bits per heavy atom. The molecule has 4 nitrogen and oxygen atoms in total. The van der Waals surface area contributed by atoms with E-state index in [4.69, 9.17) is 19.3 Å². The van der Waals surface area contributed by atoms with Gasteiger partial charge in [0.2, 0.25) is 0 Å². The van der Waals surface area contributed by atoms with Crippen molar-refractivity contribution >= 4 is 57.3 Å². The molecular formula is C32H29BN2O2. The number of hydrogen-bond donors (Lipinski definition) is 0. The maximum atomic E-state index is 6.40. The van der Waals surface area contributed by atoms with Crippen LogP contribution in [0.15, 0.2) is 80.0 Å². The maximum absolute atomic E-state index is 6.40. The van der Waals surface area contributed by atoms with E-state index in [-0.39, 0.29) is 0 Å². The average molecular weight is 484 g/mol. The predicted molar refractivity (Wildman–Crippen MR) is 156 cm³/mol. The van der Waals surface area contributed by atoms with E-state index >= 15 is 0 Å². The second kappa shape index (κ2) is 8.37. The van der Waals surface area contributed by atoms with Crippen LogP contribution in [0.1, 0.15) is 38.8 Å². The van der Waals surface area contributed by atoms with E-state index in [1.165, 1.54) is 0 Å². The van der Waals surface area contributed by atoms with Crippen LogP contribution in [-0.4, -0.2) is 28.3 Å². The van der Waals surface area contributed by atoms with Crippen molar-refractivity contribution in [3.05, 3.63) is 91.1 Å². The van der Waals surface area contributed by atoms with Crippen LogP contribution in [0.3, 0.4) is 0 Å². The zero-order valence-corrected chi connectivity index (χ0v) is 21.7. The van der Waals surface area contributed by atoms with Gasteiger partial charge in [0.1, 0.15) is 0 Å². The summed E-state index contributed by atoms with van der Waals surface area (Å²) >= 11 is 0. The van der Waals surface area contributed by atoms with Gasteiger partial charge in [-0.25, -0.2) is 4.98 Å². The standard InChI is InChI=1S/C32H29BN2O2/c1-7-20-15-16-24-28(21(20)8-2)23-12-9-10-14-27(23)35-30(24)25-17-18-26(22-13-11-19-34-29(22)25)33-36-31(3,4)32(5,6)37-33/h7-19H,1-2H2,3-6H3. The van der Waals surface area contributed by atoms with Crippen molar-refractivity contribution in [2.75, 3.05) is 0 Å². The molecule has 3 heterocycles. The molecule has 0 unspecified atom stereocenters. The SMILES string of the molecule is C=Cc1ccc2c(-c3ccc(B4OC(C)(C)C(C)(C)O4)c4cccnc34)nc3ccccc3c2c1C=C. The van der Waals surface area contributed by atoms with Gasteiger partial charge in [-0.05, 0) is 56.4 Å². The Morgan fingerprint density at radius 3 is 2.24 bits per heavy atom. The summed E-state index contributed by atoms with van der Waals surface area (Å²) < 4.78 is 12.8. The summed E-state index contributed by atoms with van der Waals surface area (Å²) in [5.74, 6) is 0. The van der Waals surface area contributed by atoms with Crippen molar-refractivity contribution < 1.29 is 9.31 Å². The number of nitrogens with zero attached hydrogens (tertiary/aromatic N) is 2. The van der Waals surface area contributed by atoms with E-state index in [1.54, 1.807) is 0 Å². The van der Waals surface area contributed by atoms with Gasteiger partial charge in [0, 0.05) is 33.3 Å². The number of fused-ring (bicyclic) bond motifs is 4. The molecule has 0 aliphatic carbocycles. The van der Waals surface area contributed by atoms with E-state index in [2.05, 4.69) is 83.3 Å². The summed E-state index contributed by atoms with van der Waals surface area (Å²) in [7, 11) is -0.477. The van der Waals surface area contributed by atoms with Gasteiger partial charge in [-0.15, -0.1) is 0 Å². The quantitative estimate of drug-likeness (QED) is 0.200. The second-order valence-corrected chi connectivity index (χ2v) is 10.6. The molecule has 5 aromatic rings. The van der Waals surface area contributed by atoms with E-state index in [1.807, 2.05) is 36.5 Å². The van der Waals surface area contributed by atoms with Gasteiger partial charge >= 0.3 is 7.12 Å². The van der Waals surface area contributed by atoms with E-state index in [0.29, 0.717) is 0 Å². The van der Waals surface area contributed by atoms with Crippen LogP contribution in [0.5, 0.6) is 0 Å². The van der Waals surface area contributed by atoms with Gasteiger partial charge in [0.15, 0.2) is 0 Å². The molecule has 37 heavy (non-hydrogen) atoms. The fraction of sp³-hybridized carbons (Fsp3) is 0.188. The second-order valence-electron chi connectivity index (χ2n) is 10.6. The fourth-order valence-electron chi connectivity index (χ4n) is 5.25. The van der Waals surface area contributed by atoms with Gasteiger partial charge in [-0.2, -0.15) is 0 Å². The third kappa shape index (κ3) is 3.53. The lowest BCUT2D eigenvalue weighted by atomic mass is 9.76. The van der Waals surface area contributed by atoms with Crippen molar-refractivity contribution in [1.82, 2.24) is 9.97 Å². The van der Waals surface area contributed by atoms with E-state index < -0.39 is 18.3 Å². The molecule has 182 valence electrons. The highest BCUT2D eigenvalue weighted by atomic mass is 16.7. The van der Waals surface area contributed by atoms with Gasteiger partial charge in [0.25, 0.3) is 0 Å². The molecule has 0 atom stereocenters. The van der Waals surface area contributed by atoms with Crippen molar-refractivity contribution in [1.29, 1.82) is 0 Å². The van der Waals surface area contributed by atoms with Crippen molar-refractivity contribution in [3.8, 4) is 11.3 Å². The molecule has 0 spiro atoms. The highest BCUT2D eigenvalue weighted by Crippen LogP contribution is 2.40. The van der Waals surface area contributed by atoms with Gasteiger partial charge in [-0.3, -0.25) is 4.98 Å². The van der Waals surface area contributed by atoms with Gasteiger partial charge in [-0.1, -0.05) is 73.8 Å². The van der Waals surface area contributed by atoms with E-state index in [9.17, 15) is 0 Å². The lowest BCUT2D eigenvalue weighted by Crippen LogP contribution is -2.41. The first kappa shape index (κ1) is 23.6. The number of hydrogen-bond acceptors (Lipinski definition) is 4. The first-order valence-electron chi connectivity index (χ1n) is 12.6. The lowest BCUT2D eigenvalue weighted by Gasteiger charge is -2.32. The minimum absolute atomic E-state index is 0.426. The summed E-state index contributed by atoms with van der Waals surface area (Å²) in [6, 6.07) is 20.7. The minimum Gasteiger partial charge on any atom is -0.399 e. The van der Waals surface area contributed by atoms with Crippen LogP contribution < -0.4 is 5.46 Å². The largest absolute Gasteiger partial charge is 0.495 e. The molecule has 5 heteroatoms. The summed E-state index contributed by atoms with van der Waals surface area (Å²) in [4.78, 5) is 10.0. The van der Waals surface area contributed by atoms with Gasteiger partial charge in [0.05, 0.1) is 27.9 Å². The highest BCUT2D eigenvalue weighted by Gasteiger charge is 2.52. The Kier molecular flexibility index (Phi) is 5.34. The van der Waals surface area contributed by atoms with Crippen LogP contribution in [0.2, 0.25) is 0 Å². The molecule has 6 rings (SSSR count). The maximum Gasteiger partial charge on any atom is 0.495 e. The van der Waals surface area contributed by atoms with Gasteiger partial charge < -0.3 is 9.31 Å². The Morgan fingerprint density at radius 2 is 1.51 bits per heavy atom. The average Bonchev–Trinajstić information content (AvgIpc) is 3.12. The molecule has 0 bridgehead atoms. The minimum atomic E-state index is -0.477. The third-order valence-corrected chi connectivity index (χ3v) is 7.93. The van der Waals surface area contributed by atoms with Crippen molar-refractivity contribution in [2.45, 2.75) is 38.9 Å². The van der Waals surface area contributed by atoms with Crippen LogP contribution in [0, 0.1) is 0 Å². The predicted octanol–water partition coefficient (Wildman–Crippen LogP) is 7.19. The molecule has 1 aliphatic rings. The summed E-state index contributed by atoms with van der Waals surface area (Å²) in [5, 5.41) is 4.25. The smallest absolute Gasteiger partial charge is 0.399 e. The zero-order chi connectivity index (χ0) is 25.9. The third-order valence-electron chi connectivity index (χ3n) is 7.93. The monoisotopic (exact) mass is 484 g/mol. The summed E-state index contributed by atoms with van der Waals surface area (Å²) in [6.07, 6.45) is 5.61. The molecule has 1 fully saturated rings. The van der Waals surface area contributed by atoms with E-state index in [0.717, 1.165) is 60.4 Å². The molecule has 2 aromatic heterocycles. The fourth-order valence-corrected chi connectivity index (χ4v) is 5.25. The molecule has 3 aromatic carbocycles. The molecular weight excluding hydrogens is 455 g/mol. The van der Waals surface area contributed by atoms with Crippen molar-refractivity contribution in [3.63, 3.8) is 0 Å². The Balaban J connectivity index is 1.65. The van der Waals surface area contributed by atoms with Crippen molar-refractivity contribution in [2.24, 2.45) is 0 Å². The molecule has 1 aliphatic heterocycles. The first-order chi connectivity index (χ1) is 17.8. The van der Waals surface area contributed by atoms with Crippen LogP contribution in [-0.2, 0) is 9.31 Å². The summed E-state index contributed by atoms with van der Waals surface area (Å²) in [6.45, 7) is 16.4. The van der Waals surface area contributed by atoms with Crippen LogP contribution >= 0.6 is 0 Å². The number of pyridine rings is 2. The first-order valence-corrected chi connectivity index (χ1v) is 12.6. The normalized spacial score (nSPS) is 16.5. The Labute approximate surface area is 217 Å². The molecule has 1 saturated heterocycles. The number of para-hydroxylation sites is 1. The lowest BCUT2D eigenvalue weighted by molar-refractivity contribution is 0.00578. The number of aromatic nitrogens is 2.